The maximum atomic E-state index is 5.93. The van der Waals surface area contributed by atoms with Crippen molar-refractivity contribution >= 4 is 34.7 Å². The van der Waals surface area contributed by atoms with Gasteiger partial charge in [0.25, 0.3) is 0 Å². The van der Waals surface area contributed by atoms with Crippen LogP contribution in [0.3, 0.4) is 0 Å². The number of nitrogens with two attached hydrogens (primary N) is 1. The lowest BCUT2D eigenvalue weighted by atomic mass is 10.2. The lowest BCUT2D eigenvalue weighted by molar-refractivity contribution is 0.750. The Balaban J connectivity index is 2.24. The molecule has 0 heterocycles. The fourth-order valence-electron chi connectivity index (χ4n) is 1.46. The Morgan fingerprint density at radius 3 is 2.88 bits per heavy atom. The molecule has 0 aliphatic carbocycles. The Hall–Kier alpha value is -0.540. The molecule has 4 heteroatoms. The minimum absolute atomic E-state index is 0.618. The second-order valence-corrected chi connectivity index (χ2v) is 5.07. The van der Waals surface area contributed by atoms with Crippen molar-refractivity contribution in [2.24, 2.45) is 0 Å². The summed E-state index contributed by atoms with van der Waals surface area (Å²) in [6.45, 7) is 0.957. The van der Waals surface area contributed by atoms with E-state index in [9.17, 15) is 0 Å². The number of benzene rings is 1. The van der Waals surface area contributed by atoms with E-state index in [0.29, 0.717) is 10.7 Å². The molecule has 0 spiro atoms. The molecule has 0 aliphatic rings. The molecule has 90 valence electrons. The molecule has 1 rings (SSSR count). The van der Waals surface area contributed by atoms with Crippen LogP contribution >= 0.6 is 23.4 Å². The molecule has 0 bridgehead atoms. The van der Waals surface area contributed by atoms with Crippen molar-refractivity contribution in [1.29, 1.82) is 0 Å². The number of para-hydroxylation sites is 1. The highest BCUT2D eigenvalue weighted by Crippen LogP contribution is 2.26. The van der Waals surface area contributed by atoms with Crippen LogP contribution in [0.5, 0.6) is 0 Å². The first-order valence-corrected chi connectivity index (χ1v) is 7.29. The van der Waals surface area contributed by atoms with Crippen LogP contribution in [0.4, 0.5) is 11.4 Å². The number of halogens is 1. The predicted molar refractivity (Wildman–Crippen MR) is 76.6 cm³/mol. The number of rotatable bonds is 7. The van der Waals surface area contributed by atoms with Crippen molar-refractivity contribution in [2.75, 3.05) is 29.6 Å². The highest BCUT2D eigenvalue weighted by Gasteiger charge is 2.01. The third-order valence-electron chi connectivity index (χ3n) is 2.39. The van der Waals surface area contributed by atoms with Crippen molar-refractivity contribution in [1.82, 2.24) is 0 Å². The Morgan fingerprint density at radius 2 is 2.12 bits per heavy atom. The van der Waals surface area contributed by atoms with E-state index >= 15 is 0 Å². The highest BCUT2D eigenvalue weighted by atomic mass is 35.5. The quantitative estimate of drug-likeness (QED) is 0.576. The van der Waals surface area contributed by atoms with Gasteiger partial charge >= 0.3 is 0 Å². The van der Waals surface area contributed by atoms with Gasteiger partial charge in [0.05, 0.1) is 16.4 Å². The minimum Gasteiger partial charge on any atom is -0.396 e. The van der Waals surface area contributed by atoms with Crippen LogP contribution < -0.4 is 11.1 Å². The molecule has 0 aromatic heterocycles. The van der Waals surface area contributed by atoms with Crippen LogP contribution in [0.2, 0.25) is 5.02 Å². The van der Waals surface area contributed by atoms with Gasteiger partial charge in [0.2, 0.25) is 0 Å². The van der Waals surface area contributed by atoms with Crippen molar-refractivity contribution in [3.8, 4) is 0 Å². The van der Waals surface area contributed by atoms with E-state index < -0.39 is 0 Å². The molecule has 0 fully saturated rings. The standard InChI is InChI=1S/C12H19ClN2S/c1-16-9-4-2-3-8-15-11-7-5-6-10(13)12(11)14/h5-7,15H,2-4,8-9,14H2,1H3. The molecule has 0 amide bonds. The van der Waals surface area contributed by atoms with Crippen molar-refractivity contribution < 1.29 is 0 Å². The van der Waals surface area contributed by atoms with E-state index in [4.69, 9.17) is 17.3 Å². The van der Waals surface area contributed by atoms with Gasteiger partial charge in [-0.05, 0) is 37.0 Å². The lowest BCUT2D eigenvalue weighted by Gasteiger charge is -2.09. The number of thioether (sulfide) groups is 1. The van der Waals surface area contributed by atoms with Crippen LogP contribution in [0, 0.1) is 0 Å². The van der Waals surface area contributed by atoms with E-state index in [1.54, 1.807) is 6.07 Å². The summed E-state index contributed by atoms with van der Waals surface area (Å²) in [7, 11) is 0. The fraction of sp³-hybridized carbons (Fsp3) is 0.500. The summed E-state index contributed by atoms with van der Waals surface area (Å²) in [5, 5.41) is 3.93. The number of nitrogen functional groups attached to an aromatic ring is 1. The van der Waals surface area contributed by atoms with Gasteiger partial charge in [-0.2, -0.15) is 11.8 Å². The van der Waals surface area contributed by atoms with Crippen LogP contribution in [-0.2, 0) is 0 Å². The molecular formula is C12H19ClN2S. The molecule has 0 atom stereocenters. The molecule has 3 N–H and O–H groups in total. The summed E-state index contributed by atoms with van der Waals surface area (Å²) >= 11 is 7.83. The van der Waals surface area contributed by atoms with Gasteiger partial charge < -0.3 is 11.1 Å². The van der Waals surface area contributed by atoms with E-state index in [-0.39, 0.29) is 0 Å². The summed E-state index contributed by atoms with van der Waals surface area (Å²) < 4.78 is 0. The average Bonchev–Trinajstić information content (AvgIpc) is 2.29. The first-order valence-electron chi connectivity index (χ1n) is 5.52. The Kier molecular flexibility index (Phi) is 6.50. The zero-order valence-electron chi connectivity index (χ0n) is 9.63. The van der Waals surface area contributed by atoms with Crippen LogP contribution in [0.25, 0.3) is 0 Å². The van der Waals surface area contributed by atoms with Gasteiger partial charge in [-0.25, -0.2) is 0 Å². The normalized spacial score (nSPS) is 10.4. The van der Waals surface area contributed by atoms with E-state index in [0.717, 1.165) is 12.2 Å². The average molecular weight is 259 g/mol. The maximum Gasteiger partial charge on any atom is 0.0739 e. The van der Waals surface area contributed by atoms with Crippen molar-refractivity contribution in [2.45, 2.75) is 19.3 Å². The van der Waals surface area contributed by atoms with Crippen molar-refractivity contribution in [3.63, 3.8) is 0 Å². The number of hydrogen-bond acceptors (Lipinski definition) is 3. The number of unbranched alkanes of at least 4 members (excludes halogenated alkanes) is 2. The molecule has 2 nitrogen and oxygen atoms in total. The van der Waals surface area contributed by atoms with Gasteiger partial charge in [-0.15, -0.1) is 0 Å². The Bertz CT molecular complexity index is 318. The first kappa shape index (κ1) is 13.5. The summed E-state index contributed by atoms with van der Waals surface area (Å²) in [4.78, 5) is 0. The zero-order valence-corrected chi connectivity index (χ0v) is 11.2. The fourth-order valence-corrected chi connectivity index (χ4v) is 2.13. The molecule has 16 heavy (non-hydrogen) atoms. The maximum absolute atomic E-state index is 5.93. The van der Waals surface area contributed by atoms with Gasteiger partial charge in [0, 0.05) is 6.54 Å². The van der Waals surface area contributed by atoms with Crippen LogP contribution in [0.15, 0.2) is 18.2 Å². The largest absolute Gasteiger partial charge is 0.396 e. The third-order valence-corrected chi connectivity index (χ3v) is 3.42. The lowest BCUT2D eigenvalue weighted by Crippen LogP contribution is -2.04. The summed E-state index contributed by atoms with van der Waals surface area (Å²) in [5.41, 5.74) is 7.44. The summed E-state index contributed by atoms with van der Waals surface area (Å²) in [5.74, 6) is 1.25. The molecule has 0 radical (unpaired) electrons. The Labute approximate surface area is 107 Å². The summed E-state index contributed by atoms with van der Waals surface area (Å²) in [6, 6.07) is 5.68. The van der Waals surface area contributed by atoms with Gasteiger partial charge in [-0.3, -0.25) is 0 Å². The molecular weight excluding hydrogens is 240 g/mol. The molecule has 0 saturated carbocycles. The van der Waals surface area contributed by atoms with Crippen LogP contribution in [-0.4, -0.2) is 18.6 Å². The van der Waals surface area contributed by atoms with E-state index in [1.165, 1.54) is 25.0 Å². The van der Waals surface area contributed by atoms with Gasteiger partial charge in [-0.1, -0.05) is 24.1 Å². The number of nitrogens with one attached hydrogen (secondary N) is 1. The minimum atomic E-state index is 0.618. The number of anilines is 2. The monoisotopic (exact) mass is 258 g/mol. The smallest absolute Gasteiger partial charge is 0.0739 e. The van der Waals surface area contributed by atoms with Crippen LogP contribution in [0.1, 0.15) is 19.3 Å². The zero-order chi connectivity index (χ0) is 11.8. The first-order chi connectivity index (χ1) is 7.75. The molecule has 0 unspecified atom stereocenters. The summed E-state index contributed by atoms with van der Waals surface area (Å²) in [6.07, 6.45) is 5.86. The molecule has 0 saturated heterocycles. The topological polar surface area (TPSA) is 38.0 Å². The predicted octanol–water partition coefficient (Wildman–Crippen LogP) is 3.87. The van der Waals surface area contributed by atoms with Crippen molar-refractivity contribution in [3.05, 3.63) is 23.2 Å². The highest BCUT2D eigenvalue weighted by molar-refractivity contribution is 7.98. The molecule has 0 aliphatic heterocycles. The number of hydrogen-bond donors (Lipinski definition) is 2. The van der Waals surface area contributed by atoms with E-state index in [1.807, 2.05) is 23.9 Å². The second kappa shape index (κ2) is 7.69. The van der Waals surface area contributed by atoms with Gasteiger partial charge in [0.1, 0.15) is 0 Å². The van der Waals surface area contributed by atoms with Gasteiger partial charge in [0.15, 0.2) is 0 Å². The Morgan fingerprint density at radius 1 is 1.31 bits per heavy atom. The molecule has 1 aromatic carbocycles. The second-order valence-electron chi connectivity index (χ2n) is 3.68. The SMILES string of the molecule is CSCCCCCNc1cccc(Cl)c1N. The molecule has 1 aromatic rings. The third kappa shape index (κ3) is 4.54. The van der Waals surface area contributed by atoms with E-state index in [2.05, 4.69) is 11.6 Å².